The fourth-order valence-corrected chi connectivity index (χ4v) is 3.07. The van der Waals surface area contributed by atoms with Crippen LogP contribution in [0.5, 0.6) is 0 Å². The highest BCUT2D eigenvalue weighted by Crippen LogP contribution is 2.16. The second kappa shape index (κ2) is 6.56. The fourth-order valence-electron chi connectivity index (χ4n) is 2.48. The molecule has 0 bridgehead atoms. The van der Waals surface area contributed by atoms with E-state index in [1.165, 1.54) is 15.6 Å². The summed E-state index contributed by atoms with van der Waals surface area (Å²) in [7, 11) is 1.71. The van der Waals surface area contributed by atoms with Gasteiger partial charge in [-0.15, -0.1) is 0 Å². The predicted octanol–water partition coefficient (Wildman–Crippen LogP) is 1.52. The Morgan fingerprint density at radius 2 is 2.17 bits per heavy atom. The van der Waals surface area contributed by atoms with Gasteiger partial charge < -0.3 is 5.32 Å². The zero-order valence-corrected chi connectivity index (χ0v) is 14.9. The van der Waals surface area contributed by atoms with Crippen LogP contribution in [-0.4, -0.2) is 25.2 Å². The molecule has 0 unspecified atom stereocenters. The quantitative estimate of drug-likeness (QED) is 0.733. The number of fused-ring (bicyclic) bond motifs is 1. The largest absolute Gasteiger partial charge is 0.350 e. The maximum absolute atomic E-state index is 12.5. The number of amides is 1. The van der Waals surface area contributed by atoms with Crippen molar-refractivity contribution in [3.63, 3.8) is 0 Å². The third-order valence-electron chi connectivity index (χ3n) is 3.65. The van der Waals surface area contributed by atoms with Crippen LogP contribution in [0.4, 0.5) is 0 Å². The number of carbonyl (C=O) groups is 1. The molecule has 2 heterocycles. The summed E-state index contributed by atoms with van der Waals surface area (Å²) >= 11 is 3.25. The van der Waals surface area contributed by atoms with Crippen LogP contribution in [-0.2, 0) is 24.9 Å². The van der Waals surface area contributed by atoms with Gasteiger partial charge in [0.15, 0.2) is 5.65 Å². The smallest absolute Gasteiger partial charge is 0.266 e. The van der Waals surface area contributed by atoms with Gasteiger partial charge >= 0.3 is 0 Å². The first kappa shape index (κ1) is 16.4. The van der Waals surface area contributed by atoms with Gasteiger partial charge in [0.25, 0.3) is 5.56 Å². The van der Waals surface area contributed by atoms with E-state index in [9.17, 15) is 9.59 Å². The van der Waals surface area contributed by atoms with Gasteiger partial charge in [-0.2, -0.15) is 5.10 Å². The van der Waals surface area contributed by atoms with Crippen LogP contribution in [0.2, 0.25) is 0 Å². The lowest BCUT2D eigenvalue weighted by molar-refractivity contribution is -0.121. The number of hydrogen-bond acceptors (Lipinski definition) is 4. The number of benzene rings is 1. The highest BCUT2D eigenvalue weighted by atomic mass is 79.9. The standard InChI is InChI=1S/C16H16BrN5O2/c1-10-4-3-5-11(6-10)7-18-12(23)8-22-9-19-15-13(16(22)24)14(17)20-21(15)2/h3-6,9H,7-8H2,1-2H3,(H,18,23). The Hall–Kier alpha value is -2.48. The second-order valence-corrected chi connectivity index (χ2v) is 6.31. The van der Waals surface area contributed by atoms with Gasteiger partial charge in [0.05, 0.1) is 0 Å². The molecule has 0 saturated heterocycles. The second-order valence-electron chi connectivity index (χ2n) is 5.56. The van der Waals surface area contributed by atoms with Crippen LogP contribution < -0.4 is 10.9 Å². The molecule has 0 aliphatic carbocycles. The van der Waals surface area contributed by atoms with Crippen LogP contribution >= 0.6 is 15.9 Å². The zero-order valence-electron chi connectivity index (χ0n) is 13.3. The van der Waals surface area contributed by atoms with Crippen LogP contribution in [0.15, 0.2) is 40.0 Å². The predicted molar refractivity (Wildman–Crippen MR) is 93.5 cm³/mol. The van der Waals surface area contributed by atoms with Crippen molar-refractivity contribution >= 4 is 32.9 Å². The third kappa shape index (κ3) is 3.23. The third-order valence-corrected chi connectivity index (χ3v) is 4.21. The molecule has 1 N–H and O–H groups in total. The van der Waals surface area contributed by atoms with Crippen LogP contribution in [0.3, 0.4) is 0 Å². The number of aromatic nitrogens is 4. The number of aryl methyl sites for hydroxylation is 2. The van der Waals surface area contributed by atoms with Crippen molar-refractivity contribution in [2.24, 2.45) is 7.05 Å². The first-order valence-corrected chi connectivity index (χ1v) is 8.15. The molecule has 0 radical (unpaired) electrons. The van der Waals surface area contributed by atoms with Crippen molar-refractivity contribution in [3.8, 4) is 0 Å². The average Bonchev–Trinajstić information content (AvgIpc) is 2.83. The molecule has 24 heavy (non-hydrogen) atoms. The SMILES string of the molecule is Cc1cccc(CNC(=O)Cn2cnc3c(c(Br)nn3C)c2=O)c1. The van der Waals surface area contributed by atoms with Crippen LogP contribution in [0.25, 0.3) is 11.0 Å². The van der Waals surface area contributed by atoms with E-state index < -0.39 is 0 Å². The van der Waals surface area contributed by atoms with E-state index in [2.05, 4.69) is 31.3 Å². The molecule has 124 valence electrons. The van der Waals surface area contributed by atoms with Crippen molar-refractivity contribution in [3.05, 3.63) is 56.7 Å². The molecular formula is C16H16BrN5O2. The van der Waals surface area contributed by atoms with Gasteiger partial charge in [0.2, 0.25) is 5.91 Å². The summed E-state index contributed by atoms with van der Waals surface area (Å²) in [5.41, 5.74) is 2.32. The summed E-state index contributed by atoms with van der Waals surface area (Å²) in [5, 5.41) is 7.29. The molecule has 1 amide bonds. The number of nitrogens with one attached hydrogen (secondary N) is 1. The summed E-state index contributed by atoms with van der Waals surface area (Å²) in [6, 6.07) is 7.89. The van der Waals surface area contributed by atoms with Gasteiger partial charge in [-0.05, 0) is 28.4 Å². The van der Waals surface area contributed by atoms with Gasteiger partial charge in [-0.1, -0.05) is 29.8 Å². The van der Waals surface area contributed by atoms with Crippen molar-refractivity contribution in [2.45, 2.75) is 20.0 Å². The minimum absolute atomic E-state index is 0.0884. The molecule has 0 aliphatic heterocycles. The molecule has 3 rings (SSSR count). The maximum atomic E-state index is 12.5. The van der Waals surface area contributed by atoms with E-state index in [-0.39, 0.29) is 18.0 Å². The Morgan fingerprint density at radius 1 is 1.38 bits per heavy atom. The van der Waals surface area contributed by atoms with Gasteiger partial charge in [0, 0.05) is 13.6 Å². The summed E-state index contributed by atoms with van der Waals surface area (Å²) in [6.45, 7) is 2.33. The fraction of sp³-hybridized carbons (Fsp3) is 0.250. The van der Waals surface area contributed by atoms with Gasteiger partial charge in [-0.3, -0.25) is 14.2 Å². The zero-order chi connectivity index (χ0) is 17.3. The number of carbonyl (C=O) groups excluding carboxylic acids is 1. The van der Waals surface area contributed by atoms with Gasteiger partial charge in [0.1, 0.15) is 22.9 Å². The van der Waals surface area contributed by atoms with Crippen molar-refractivity contribution in [1.29, 1.82) is 0 Å². The first-order valence-electron chi connectivity index (χ1n) is 7.35. The highest BCUT2D eigenvalue weighted by Gasteiger charge is 2.14. The molecule has 0 atom stereocenters. The highest BCUT2D eigenvalue weighted by molar-refractivity contribution is 9.10. The number of halogens is 1. The molecule has 2 aromatic heterocycles. The van der Waals surface area contributed by atoms with E-state index in [1.54, 1.807) is 7.05 Å². The van der Waals surface area contributed by atoms with E-state index in [4.69, 9.17) is 0 Å². The van der Waals surface area contributed by atoms with Crippen LogP contribution in [0, 0.1) is 6.92 Å². The molecule has 0 aliphatic rings. The first-order chi connectivity index (χ1) is 11.5. The average molecular weight is 390 g/mol. The van der Waals surface area contributed by atoms with E-state index >= 15 is 0 Å². The molecule has 8 heteroatoms. The Morgan fingerprint density at radius 3 is 2.92 bits per heavy atom. The molecule has 0 fully saturated rings. The Labute approximate surface area is 146 Å². The van der Waals surface area contributed by atoms with Crippen molar-refractivity contribution < 1.29 is 4.79 Å². The number of nitrogens with zero attached hydrogens (tertiary/aromatic N) is 4. The molecular weight excluding hydrogens is 374 g/mol. The van der Waals surface area contributed by atoms with Crippen molar-refractivity contribution in [1.82, 2.24) is 24.6 Å². The number of hydrogen-bond donors (Lipinski definition) is 1. The Kier molecular flexibility index (Phi) is 4.48. The van der Waals surface area contributed by atoms with E-state index in [1.807, 2.05) is 31.2 Å². The number of rotatable bonds is 4. The lowest BCUT2D eigenvalue weighted by Crippen LogP contribution is -2.32. The molecule has 0 spiro atoms. The van der Waals surface area contributed by atoms with E-state index in [0.29, 0.717) is 22.2 Å². The van der Waals surface area contributed by atoms with Crippen LogP contribution in [0.1, 0.15) is 11.1 Å². The lowest BCUT2D eigenvalue weighted by Gasteiger charge is -2.08. The lowest BCUT2D eigenvalue weighted by atomic mass is 10.1. The molecule has 0 saturated carbocycles. The monoisotopic (exact) mass is 389 g/mol. The Balaban J connectivity index is 1.75. The summed E-state index contributed by atoms with van der Waals surface area (Å²) in [5.74, 6) is -0.250. The normalized spacial score (nSPS) is 11.0. The topological polar surface area (TPSA) is 81.8 Å². The summed E-state index contributed by atoms with van der Waals surface area (Å²) in [4.78, 5) is 28.8. The van der Waals surface area contributed by atoms with Gasteiger partial charge in [-0.25, -0.2) is 9.67 Å². The Bertz CT molecular complexity index is 976. The molecule has 3 aromatic rings. The van der Waals surface area contributed by atoms with Crippen molar-refractivity contribution in [2.75, 3.05) is 0 Å². The maximum Gasteiger partial charge on any atom is 0.266 e. The minimum atomic E-state index is -0.300. The molecule has 7 nitrogen and oxygen atoms in total. The van der Waals surface area contributed by atoms with E-state index in [0.717, 1.165) is 11.1 Å². The molecule has 1 aromatic carbocycles. The summed E-state index contributed by atoms with van der Waals surface area (Å²) < 4.78 is 3.22. The summed E-state index contributed by atoms with van der Waals surface area (Å²) in [6.07, 6.45) is 1.37. The minimum Gasteiger partial charge on any atom is -0.350 e.